The van der Waals surface area contributed by atoms with Gasteiger partial charge in [-0.2, -0.15) is 0 Å². The number of hydrogen-bond donors (Lipinski definition) is 2. The Kier molecular flexibility index (Phi) is 4.61. The molecule has 2 N–H and O–H groups in total. The molecule has 3 nitrogen and oxygen atoms in total. The number of piperazine rings is 1. The number of likely N-dealkylation sites (N-methyl/N-ethyl adjacent to an activating group) is 1. The third-order valence-corrected chi connectivity index (χ3v) is 3.96. The summed E-state index contributed by atoms with van der Waals surface area (Å²) in [5.41, 5.74) is 3.96. The molecule has 1 saturated heterocycles. The number of anilines is 1. The lowest BCUT2D eigenvalue weighted by Crippen LogP contribution is -2.49. The number of benzene rings is 1. The fourth-order valence-electron chi connectivity index (χ4n) is 2.42. The summed E-state index contributed by atoms with van der Waals surface area (Å²) in [5.74, 6) is 0. The molecular weight excluding hydrogens is 222 g/mol. The molecule has 0 spiro atoms. The van der Waals surface area contributed by atoms with E-state index in [4.69, 9.17) is 0 Å². The highest BCUT2D eigenvalue weighted by molar-refractivity contribution is 5.47. The Labute approximate surface area is 111 Å². The smallest absolute Gasteiger partial charge is 0.0343 e. The van der Waals surface area contributed by atoms with Crippen LogP contribution in [0.1, 0.15) is 17.5 Å². The van der Waals surface area contributed by atoms with Gasteiger partial charge in [0.2, 0.25) is 0 Å². The van der Waals surface area contributed by atoms with Gasteiger partial charge >= 0.3 is 0 Å². The summed E-state index contributed by atoms with van der Waals surface area (Å²) in [4.78, 5) is 2.46. The maximum atomic E-state index is 3.53. The van der Waals surface area contributed by atoms with E-state index in [2.05, 4.69) is 54.6 Å². The van der Waals surface area contributed by atoms with E-state index in [1.807, 2.05) is 0 Å². The van der Waals surface area contributed by atoms with Crippen LogP contribution in [-0.2, 0) is 0 Å². The van der Waals surface area contributed by atoms with E-state index in [1.165, 1.54) is 23.2 Å². The normalized spacial score (nSPS) is 20.9. The van der Waals surface area contributed by atoms with Gasteiger partial charge in [0.15, 0.2) is 0 Å². The molecule has 0 amide bonds. The van der Waals surface area contributed by atoms with Crippen LogP contribution in [0.3, 0.4) is 0 Å². The van der Waals surface area contributed by atoms with Gasteiger partial charge in [0.25, 0.3) is 0 Å². The van der Waals surface area contributed by atoms with Crippen LogP contribution in [-0.4, -0.2) is 44.2 Å². The number of aryl methyl sites for hydroxylation is 2. The first kappa shape index (κ1) is 13.4. The minimum Gasteiger partial charge on any atom is -0.385 e. The van der Waals surface area contributed by atoms with Crippen LogP contribution in [0.2, 0.25) is 0 Å². The second-order valence-corrected chi connectivity index (χ2v) is 5.35. The number of rotatable bonds is 4. The molecule has 0 aromatic heterocycles. The summed E-state index contributed by atoms with van der Waals surface area (Å²) in [7, 11) is 2.22. The van der Waals surface area contributed by atoms with E-state index in [-0.39, 0.29) is 0 Å². The molecule has 1 aromatic carbocycles. The van der Waals surface area contributed by atoms with Gasteiger partial charge in [-0.05, 0) is 50.6 Å². The van der Waals surface area contributed by atoms with Gasteiger partial charge in [-0.1, -0.05) is 6.07 Å². The van der Waals surface area contributed by atoms with Gasteiger partial charge in [0.05, 0.1) is 0 Å². The van der Waals surface area contributed by atoms with Crippen molar-refractivity contribution in [3.05, 3.63) is 29.3 Å². The largest absolute Gasteiger partial charge is 0.385 e. The molecule has 18 heavy (non-hydrogen) atoms. The SMILES string of the molecule is Cc1ccc(NCCC2CNCCN2C)cc1C. The summed E-state index contributed by atoms with van der Waals surface area (Å²) in [5, 5.41) is 6.99. The highest BCUT2D eigenvalue weighted by atomic mass is 15.2. The van der Waals surface area contributed by atoms with Crippen molar-refractivity contribution in [2.45, 2.75) is 26.3 Å². The summed E-state index contributed by atoms with van der Waals surface area (Å²) in [6.45, 7) is 8.76. The monoisotopic (exact) mass is 247 g/mol. The van der Waals surface area contributed by atoms with Crippen molar-refractivity contribution in [3.63, 3.8) is 0 Å². The van der Waals surface area contributed by atoms with Crippen molar-refractivity contribution in [2.75, 3.05) is 38.5 Å². The van der Waals surface area contributed by atoms with Gasteiger partial charge in [-0.25, -0.2) is 0 Å². The van der Waals surface area contributed by atoms with E-state index >= 15 is 0 Å². The molecule has 1 heterocycles. The van der Waals surface area contributed by atoms with Crippen LogP contribution in [0.25, 0.3) is 0 Å². The summed E-state index contributed by atoms with van der Waals surface area (Å²) < 4.78 is 0. The standard InChI is InChI=1S/C15H25N3/c1-12-4-5-14(10-13(12)2)17-7-6-15-11-16-8-9-18(15)3/h4-5,10,15-17H,6-9,11H2,1-3H3. The average Bonchev–Trinajstić information content (AvgIpc) is 2.36. The van der Waals surface area contributed by atoms with Crippen LogP contribution >= 0.6 is 0 Å². The molecule has 1 atom stereocenters. The second-order valence-electron chi connectivity index (χ2n) is 5.35. The van der Waals surface area contributed by atoms with E-state index in [0.29, 0.717) is 6.04 Å². The third-order valence-electron chi connectivity index (χ3n) is 3.96. The highest BCUT2D eigenvalue weighted by Gasteiger charge is 2.17. The van der Waals surface area contributed by atoms with Crippen molar-refractivity contribution >= 4 is 5.69 Å². The molecule has 0 saturated carbocycles. The minimum absolute atomic E-state index is 0.665. The predicted molar refractivity (Wildman–Crippen MR) is 78.3 cm³/mol. The molecule has 2 rings (SSSR count). The Morgan fingerprint density at radius 1 is 1.33 bits per heavy atom. The first-order valence-electron chi connectivity index (χ1n) is 6.89. The Morgan fingerprint density at radius 3 is 2.89 bits per heavy atom. The average molecular weight is 247 g/mol. The second kappa shape index (κ2) is 6.21. The molecule has 1 aliphatic heterocycles. The van der Waals surface area contributed by atoms with Crippen LogP contribution in [0, 0.1) is 13.8 Å². The summed E-state index contributed by atoms with van der Waals surface area (Å²) in [6.07, 6.45) is 1.19. The lowest BCUT2D eigenvalue weighted by Gasteiger charge is -2.33. The predicted octanol–water partition coefficient (Wildman–Crippen LogP) is 2.01. The van der Waals surface area contributed by atoms with Gasteiger partial charge in [-0.3, -0.25) is 0 Å². The van der Waals surface area contributed by atoms with Crippen LogP contribution < -0.4 is 10.6 Å². The van der Waals surface area contributed by atoms with Crippen molar-refractivity contribution in [1.29, 1.82) is 0 Å². The number of nitrogens with one attached hydrogen (secondary N) is 2. The molecule has 0 bridgehead atoms. The molecule has 0 radical (unpaired) electrons. The van der Waals surface area contributed by atoms with Gasteiger partial charge in [0.1, 0.15) is 0 Å². The maximum absolute atomic E-state index is 3.53. The zero-order valence-electron chi connectivity index (χ0n) is 11.8. The number of hydrogen-bond acceptors (Lipinski definition) is 3. The highest BCUT2D eigenvalue weighted by Crippen LogP contribution is 2.14. The Hall–Kier alpha value is -1.06. The fraction of sp³-hybridized carbons (Fsp3) is 0.600. The quantitative estimate of drug-likeness (QED) is 0.852. The van der Waals surface area contributed by atoms with Gasteiger partial charge < -0.3 is 15.5 Å². The first-order valence-corrected chi connectivity index (χ1v) is 6.89. The van der Waals surface area contributed by atoms with E-state index in [9.17, 15) is 0 Å². The van der Waals surface area contributed by atoms with E-state index in [1.54, 1.807) is 0 Å². The molecule has 100 valence electrons. The third kappa shape index (κ3) is 3.47. The van der Waals surface area contributed by atoms with Crippen molar-refractivity contribution in [2.24, 2.45) is 0 Å². The maximum Gasteiger partial charge on any atom is 0.0343 e. The van der Waals surface area contributed by atoms with Gasteiger partial charge in [-0.15, -0.1) is 0 Å². The van der Waals surface area contributed by atoms with E-state index < -0.39 is 0 Å². The fourth-order valence-corrected chi connectivity index (χ4v) is 2.42. The Balaban J connectivity index is 1.79. The molecule has 1 aliphatic rings. The first-order chi connectivity index (χ1) is 8.66. The molecule has 1 aromatic rings. The van der Waals surface area contributed by atoms with E-state index in [0.717, 1.165) is 26.2 Å². The van der Waals surface area contributed by atoms with Crippen molar-refractivity contribution in [3.8, 4) is 0 Å². The van der Waals surface area contributed by atoms with Crippen LogP contribution in [0.4, 0.5) is 5.69 Å². The van der Waals surface area contributed by atoms with Crippen LogP contribution in [0.5, 0.6) is 0 Å². The number of nitrogens with zero attached hydrogens (tertiary/aromatic N) is 1. The molecule has 0 aliphatic carbocycles. The van der Waals surface area contributed by atoms with Crippen molar-refractivity contribution in [1.82, 2.24) is 10.2 Å². The lowest BCUT2D eigenvalue weighted by molar-refractivity contribution is 0.194. The zero-order valence-corrected chi connectivity index (χ0v) is 11.8. The summed E-state index contributed by atoms with van der Waals surface area (Å²) in [6, 6.07) is 7.26. The van der Waals surface area contributed by atoms with Crippen LogP contribution in [0.15, 0.2) is 18.2 Å². The topological polar surface area (TPSA) is 27.3 Å². The molecule has 1 fully saturated rings. The summed E-state index contributed by atoms with van der Waals surface area (Å²) >= 11 is 0. The Morgan fingerprint density at radius 2 is 2.17 bits per heavy atom. The lowest BCUT2D eigenvalue weighted by atomic mass is 10.1. The van der Waals surface area contributed by atoms with Gasteiger partial charge in [0, 0.05) is 37.9 Å². The Bertz CT molecular complexity index is 389. The molecular formula is C15H25N3. The minimum atomic E-state index is 0.665. The molecule has 1 unspecified atom stereocenters. The van der Waals surface area contributed by atoms with Crippen molar-refractivity contribution < 1.29 is 0 Å². The zero-order chi connectivity index (χ0) is 13.0. The molecule has 3 heteroatoms.